The van der Waals surface area contributed by atoms with E-state index in [1.165, 1.54) is 17.2 Å². The quantitative estimate of drug-likeness (QED) is 0.708. The van der Waals surface area contributed by atoms with Gasteiger partial charge in [-0.3, -0.25) is 0 Å². The Kier molecular flexibility index (Phi) is 4.75. The molecule has 0 amide bonds. The largest absolute Gasteiger partial charge is 0.456 e. The molecule has 1 aromatic rings. The van der Waals surface area contributed by atoms with Crippen molar-refractivity contribution in [3.05, 3.63) is 35.4 Å². The highest BCUT2D eigenvalue weighted by atomic mass is 28.4. The monoisotopic (exact) mass is 266 g/mol. The summed E-state index contributed by atoms with van der Waals surface area (Å²) in [5.41, 5.74) is 2.78. The van der Waals surface area contributed by atoms with Crippen LogP contribution in [0.3, 0.4) is 0 Å². The summed E-state index contributed by atoms with van der Waals surface area (Å²) in [5, 5.41) is 0. The van der Waals surface area contributed by atoms with E-state index in [2.05, 4.69) is 63.9 Å². The van der Waals surface area contributed by atoms with Crippen molar-refractivity contribution in [3.8, 4) is 0 Å². The number of hydrogen-bond donors (Lipinski definition) is 0. The zero-order valence-electron chi connectivity index (χ0n) is 12.1. The Morgan fingerprint density at radius 2 is 1.47 bits per heavy atom. The minimum Gasteiger partial charge on any atom is -0.456 e. The fourth-order valence-electron chi connectivity index (χ4n) is 2.08. The molecule has 0 atom stereocenters. The van der Waals surface area contributed by atoms with Crippen LogP contribution in [0.1, 0.15) is 11.1 Å². The molecule has 0 aliphatic heterocycles. The van der Waals surface area contributed by atoms with E-state index in [1.807, 2.05) is 0 Å². The van der Waals surface area contributed by atoms with E-state index in [9.17, 15) is 0 Å². The summed E-state index contributed by atoms with van der Waals surface area (Å²) in [5.74, 6) is 0. The van der Waals surface area contributed by atoms with E-state index < -0.39 is 16.6 Å². The number of benzene rings is 1. The topological polar surface area (TPSA) is 9.23 Å². The van der Waals surface area contributed by atoms with Gasteiger partial charge in [-0.1, -0.05) is 29.8 Å². The fourth-order valence-corrected chi connectivity index (χ4v) is 10.0. The molecule has 0 aliphatic carbocycles. The summed E-state index contributed by atoms with van der Waals surface area (Å²) in [4.78, 5) is 0. The van der Waals surface area contributed by atoms with Gasteiger partial charge in [-0.05, 0) is 57.7 Å². The molecule has 0 saturated carbocycles. The molecular weight excluding hydrogens is 240 g/mol. The molecule has 0 unspecified atom stereocenters. The summed E-state index contributed by atoms with van der Waals surface area (Å²) in [6.45, 7) is 13.7. The number of hydrogen-bond acceptors (Lipinski definition) is 1. The van der Waals surface area contributed by atoms with Gasteiger partial charge < -0.3 is 4.12 Å². The predicted octanol–water partition coefficient (Wildman–Crippen LogP) is 4.59. The van der Waals surface area contributed by atoms with Gasteiger partial charge in [-0.15, -0.1) is 0 Å². The Bertz CT molecular complexity index is 349. The van der Waals surface area contributed by atoms with E-state index in [1.54, 1.807) is 0 Å². The lowest BCUT2D eigenvalue weighted by Gasteiger charge is -2.31. The minimum absolute atomic E-state index is 1.16. The molecule has 0 radical (unpaired) electrons. The lowest BCUT2D eigenvalue weighted by atomic mass is 10.1. The van der Waals surface area contributed by atoms with Gasteiger partial charge in [0.05, 0.1) is 0 Å². The van der Waals surface area contributed by atoms with Crippen LogP contribution in [0, 0.1) is 6.92 Å². The number of aryl methyl sites for hydroxylation is 2. The summed E-state index contributed by atoms with van der Waals surface area (Å²) >= 11 is 0. The van der Waals surface area contributed by atoms with Crippen LogP contribution in [0.5, 0.6) is 0 Å². The van der Waals surface area contributed by atoms with Gasteiger partial charge in [0.25, 0.3) is 0 Å². The average Bonchev–Trinajstić information content (AvgIpc) is 2.13. The Hall–Kier alpha value is -0.386. The third-order valence-corrected chi connectivity index (χ3v) is 8.83. The second-order valence-corrected chi connectivity index (χ2v) is 15.5. The van der Waals surface area contributed by atoms with Crippen molar-refractivity contribution in [2.75, 3.05) is 0 Å². The maximum atomic E-state index is 6.35. The van der Waals surface area contributed by atoms with Crippen LogP contribution in [0.2, 0.25) is 38.8 Å². The lowest BCUT2D eigenvalue weighted by Crippen LogP contribution is -2.42. The Morgan fingerprint density at radius 3 is 1.94 bits per heavy atom. The zero-order chi connectivity index (χ0) is 13.1. The smallest absolute Gasteiger partial charge is 0.173 e. The molecule has 0 fully saturated rings. The molecule has 1 nitrogen and oxygen atoms in total. The van der Waals surface area contributed by atoms with E-state index in [-0.39, 0.29) is 0 Å². The van der Waals surface area contributed by atoms with Crippen molar-refractivity contribution < 1.29 is 4.12 Å². The molecule has 0 heterocycles. The highest BCUT2D eigenvalue weighted by Crippen LogP contribution is 2.20. The van der Waals surface area contributed by atoms with Gasteiger partial charge in [0.1, 0.15) is 0 Å². The van der Waals surface area contributed by atoms with E-state index >= 15 is 0 Å². The van der Waals surface area contributed by atoms with Crippen molar-refractivity contribution >= 4 is 16.6 Å². The van der Waals surface area contributed by atoms with Crippen LogP contribution in [-0.2, 0) is 10.5 Å². The molecule has 0 spiro atoms. The van der Waals surface area contributed by atoms with Crippen molar-refractivity contribution in [1.29, 1.82) is 0 Å². The molecule has 3 heteroatoms. The van der Waals surface area contributed by atoms with Gasteiger partial charge in [0, 0.05) is 0 Å². The molecule has 17 heavy (non-hydrogen) atoms. The molecule has 0 bridgehead atoms. The first kappa shape index (κ1) is 14.7. The summed E-state index contributed by atoms with van der Waals surface area (Å²) < 4.78 is 6.35. The zero-order valence-corrected chi connectivity index (χ0v) is 14.1. The first-order valence-corrected chi connectivity index (χ1v) is 13.0. The Labute approximate surface area is 108 Å². The first-order valence-electron chi connectivity index (χ1n) is 6.44. The van der Waals surface area contributed by atoms with Crippen molar-refractivity contribution in [2.24, 2.45) is 0 Å². The molecule has 0 aromatic heterocycles. The maximum absolute atomic E-state index is 6.35. The molecule has 1 aromatic carbocycles. The van der Waals surface area contributed by atoms with E-state index in [0.717, 1.165) is 6.42 Å². The molecule has 0 saturated heterocycles. The molecular formula is C14H26OSi2. The van der Waals surface area contributed by atoms with Gasteiger partial charge in [0.2, 0.25) is 0 Å². The second kappa shape index (κ2) is 5.50. The van der Waals surface area contributed by atoms with Gasteiger partial charge in [-0.2, -0.15) is 0 Å². The predicted molar refractivity (Wildman–Crippen MR) is 81.6 cm³/mol. The SMILES string of the molecule is Cc1ccc(CC[Si](C)(C)O[Si](C)(C)C)cc1. The highest BCUT2D eigenvalue weighted by molar-refractivity contribution is 6.84. The molecule has 96 valence electrons. The standard InChI is InChI=1S/C14H26OSi2/c1-13-7-9-14(10-8-13)11-12-17(5,6)15-16(2,3)4/h7-10H,11-12H2,1-6H3. The van der Waals surface area contributed by atoms with Crippen LogP contribution in [0.4, 0.5) is 0 Å². The summed E-state index contributed by atoms with van der Waals surface area (Å²) in [6, 6.07) is 10.1. The van der Waals surface area contributed by atoms with Crippen molar-refractivity contribution in [1.82, 2.24) is 0 Å². The van der Waals surface area contributed by atoms with E-state index in [4.69, 9.17) is 4.12 Å². The summed E-state index contributed by atoms with van der Waals surface area (Å²) in [6.07, 6.45) is 1.16. The third kappa shape index (κ3) is 6.19. The van der Waals surface area contributed by atoms with Crippen LogP contribution in [-0.4, -0.2) is 16.6 Å². The van der Waals surface area contributed by atoms with E-state index in [0.29, 0.717) is 0 Å². The first-order chi connectivity index (χ1) is 7.68. The number of rotatable bonds is 5. The normalized spacial score (nSPS) is 12.8. The van der Waals surface area contributed by atoms with Gasteiger partial charge >= 0.3 is 0 Å². The maximum Gasteiger partial charge on any atom is 0.173 e. The fraction of sp³-hybridized carbons (Fsp3) is 0.571. The van der Waals surface area contributed by atoms with Gasteiger partial charge in [-0.25, -0.2) is 0 Å². The van der Waals surface area contributed by atoms with Crippen LogP contribution in [0.25, 0.3) is 0 Å². The lowest BCUT2D eigenvalue weighted by molar-refractivity contribution is 0.547. The molecule has 1 rings (SSSR count). The Balaban J connectivity index is 2.52. The average molecular weight is 267 g/mol. The Morgan fingerprint density at radius 1 is 0.941 bits per heavy atom. The van der Waals surface area contributed by atoms with Gasteiger partial charge in [0.15, 0.2) is 16.6 Å². The van der Waals surface area contributed by atoms with Crippen LogP contribution >= 0.6 is 0 Å². The van der Waals surface area contributed by atoms with Crippen molar-refractivity contribution in [3.63, 3.8) is 0 Å². The molecule has 0 aliphatic rings. The second-order valence-electron chi connectivity index (χ2n) is 6.46. The van der Waals surface area contributed by atoms with Crippen LogP contribution < -0.4 is 0 Å². The third-order valence-electron chi connectivity index (χ3n) is 2.72. The molecule has 0 N–H and O–H groups in total. The van der Waals surface area contributed by atoms with Crippen LogP contribution in [0.15, 0.2) is 24.3 Å². The highest BCUT2D eigenvalue weighted by Gasteiger charge is 2.28. The summed E-state index contributed by atoms with van der Waals surface area (Å²) in [7, 11) is -2.85. The van der Waals surface area contributed by atoms with Crippen molar-refractivity contribution in [2.45, 2.75) is 52.1 Å². The minimum atomic E-state index is -1.47.